The first-order chi connectivity index (χ1) is 9.02. The van der Waals surface area contributed by atoms with E-state index >= 15 is 0 Å². The zero-order valence-corrected chi connectivity index (χ0v) is 12.7. The highest BCUT2D eigenvalue weighted by atomic mass is 79.9. The molecule has 0 fully saturated rings. The van der Waals surface area contributed by atoms with Gasteiger partial charge in [0.1, 0.15) is 5.15 Å². The van der Waals surface area contributed by atoms with Gasteiger partial charge >= 0.3 is 5.97 Å². The molecule has 0 N–H and O–H groups in total. The van der Waals surface area contributed by atoms with Crippen molar-refractivity contribution < 1.29 is 9.53 Å². The van der Waals surface area contributed by atoms with Gasteiger partial charge in [-0.25, -0.2) is 14.5 Å². The standard InChI is InChI=1S/C12H11BrClN3O2/c1-3-19-12(18)9-4-8(5-15-11(9)14)17-6-10(13)7(2)16-17/h4-6H,3H2,1-2H3. The van der Waals surface area contributed by atoms with Crippen molar-refractivity contribution in [2.75, 3.05) is 6.61 Å². The second kappa shape index (κ2) is 5.71. The van der Waals surface area contributed by atoms with Gasteiger partial charge in [0.2, 0.25) is 0 Å². The number of rotatable bonds is 3. The molecule has 2 aromatic rings. The maximum absolute atomic E-state index is 11.7. The van der Waals surface area contributed by atoms with Gasteiger partial charge in [-0.05, 0) is 35.8 Å². The molecule has 2 aromatic heterocycles. The van der Waals surface area contributed by atoms with Crippen molar-refractivity contribution in [2.45, 2.75) is 13.8 Å². The number of esters is 1. The van der Waals surface area contributed by atoms with Gasteiger partial charge in [0.05, 0.1) is 34.2 Å². The summed E-state index contributed by atoms with van der Waals surface area (Å²) < 4.78 is 7.42. The Kier molecular flexibility index (Phi) is 4.21. The lowest BCUT2D eigenvalue weighted by Gasteiger charge is -2.06. The van der Waals surface area contributed by atoms with Gasteiger partial charge in [0.25, 0.3) is 0 Å². The van der Waals surface area contributed by atoms with Crippen LogP contribution in [0.15, 0.2) is 22.9 Å². The molecule has 0 unspecified atom stereocenters. The summed E-state index contributed by atoms with van der Waals surface area (Å²) in [5, 5.41) is 4.41. The van der Waals surface area contributed by atoms with Crippen LogP contribution in [0.25, 0.3) is 5.69 Å². The summed E-state index contributed by atoms with van der Waals surface area (Å²) in [7, 11) is 0. The van der Waals surface area contributed by atoms with Crippen molar-refractivity contribution >= 4 is 33.5 Å². The minimum atomic E-state index is -0.496. The van der Waals surface area contributed by atoms with Crippen LogP contribution in [0, 0.1) is 6.92 Å². The first-order valence-electron chi connectivity index (χ1n) is 5.57. The first-order valence-corrected chi connectivity index (χ1v) is 6.74. The Bertz CT molecular complexity index is 608. The molecule has 7 heteroatoms. The van der Waals surface area contributed by atoms with Crippen LogP contribution in [-0.2, 0) is 4.74 Å². The Balaban J connectivity index is 2.43. The molecule has 0 radical (unpaired) electrons. The zero-order valence-electron chi connectivity index (χ0n) is 10.4. The van der Waals surface area contributed by atoms with E-state index in [9.17, 15) is 4.79 Å². The minimum Gasteiger partial charge on any atom is -0.462 e. The quantitative estimate of drug-likeness (QED) is 0.634. The maximum Gasteiger partial charge on any atom is 0.341 e. The average molecular weight is 345 g/mol. The summed E-state index contributed by atoms with van der Waals surface area (Å²) >= 11 is 9.28. The molecule has 0 aliphatic carbocycles. The van der Waals surface area contributed by atoms with Crippen molar-refractivity contribution in [2.24, 2.45) is 0 Å². The van der Waals surface area contributed by atoms with Crippen molar-refractivity contribution in [3.63, 3.8) is 0 Å². The number of hydrogen-bond acceptors (Lipinski definition) is 4. The van der Waals surface area contributed by atoms with Gasteiger partial charge in [-0.15, -0.1) is 0 Å². The molecular weight excluding hydrogens is 334 g/mol. The zero-order chi connectivity index (χ0) is 14.0. The predicted octanol–water partition coefficient (Wildman–Crippen LogP) is 3.17. The molecule has 0 bridgehead atoms. The van der Waals surface area contributed by atoms with Crippen molar-refractivity contribution in [3.05, 3.63) is 39.3 Å². The van der Waals surface area contributed by atoms with E-state index in [1.165, 1.54) is 0 Å². The Labute approximate surface area is 123 Å². The van der Waals surface area contributed by atoms with Crippen LogP contribution in [0.2, 0.25) is 5.15 Å². The van der Waals surface area contributed by atoms with Crippen LogP contribution in [0.5, 0.6) is 0 Å². The molecule has 0 amide bonds. The third kappa shape index (κ3) is 2.96. The van der Waals surface area contributed by atoms with E-state index in [0.717, 1.165) is 10.2 Å². The molecule has 2 rings (SSSR count). The van der Waals surface area contributed by atoms with Gasteiger partial charge in [-0.3, -0.25) is 0 Å². The highest BCUT2D eigenvalue weighted by Gasteiger charge is 2.15. The first kappa shape index (κ1) is 14.0. The smallest absolute Gasteiger partial charge is 0.341 e. The number of ether oxygens (including phenoxy) is 1. The second-order valence-corrected chi connectivity index (χ2v) is 4.97. The van der Waals surface area contributed by atoms with E-state index in [1.54, 1.807) is 30.1 Å². The summed E-state index contributed by atoms with van der Waals surface area (Å²) in [6, 6.07) is 1.60. The Hall–Kier alpha value is -1.40. The lowest BCUT2D eigenvalue weighted by Crippen LogP contribution is -2.08. The molecule has 2 heterocycles. The van der Waals surface area contributed by atoms with Crippen LogP contribution < -0.4 is 0 Å². The molecule has 19 heavy (non-hydrogen) atoms. The number of halogens is 2. The number of aryl methyl sites for hydroxylation is 1. The van der Waals surface area contributed by atoms with Gasteiger partial charge < -0.3 is 4.74 Å². The van der Waals surface area contributed by atoms with Gasteiger partial charge in [-0.1, -0.05) is 11.6 Å². The molecule has 0 saturated carbocycles. The van der Waals surface area contributed by atoms with E-state index in [-0.39, 0.29) is 17.3 Å². The highest BCUT2D eigenvalue weighted by molar-refractivity contribution is 9.10. The third-order valence-electron chi connectivity index (χ3n) is 2.42. The van der Waals surface area contributed by atoms with E-state index in [4.69, 9.17) is 16.3 Å². The molecule has 5 nitrogen and oxygen atoms in total. The fourth-order valence-electron chi connectivity index (χ4n) is 1.49. The second-order valence-electron chi connectivity index (χ2n) is 3.76. The third-order valence-corrected chi connectivity index (χ3v) is 3.50. The van der Waals surface area contributed by atoms with E-state index in [0.29, 0.717) is 5.69 Å². The van der Waals surface area contributed by atoms with Gasteiger partial charge in [-0.2, -0.15) is 5.10 Å². The van der Waals surface area contributed by atoms with E-state index < -0.39 is 5.97 Å². The summed E-state index contributed by atoms with van der Waals surface area (Å²) in [5.74, 6) is -0.496. The number of nitrogens with zero attached hydrogens (tertiary/aromatic N) is 3. The summed E-state index contributed by atoms with van der Waals surface area (Å²) in [4.78, 5) is 15.7. The van der Waals surface area contributed by atoms with Crippen molar-refractivity contribution in [1.82, 2.24) is 14.8 Å². The topological polar surface area (TPSA) is 57.0 Å². The predicted molar refractivity (Wildman–Crippen MR) is 74.8 cm³/mol. The Morgan fingerprint density at radius 1 is 1.58 bits per heavy atom. The minimum absolute atomic E-state index is 0.116. The van der Waals surface area contributed by atoms with Gasteiger partial charge in [0.15, 0.2) is 0 Å². The largest absolute Gasteiger partial charge is 0.462 e. The number of carbonyl (C=O) groups excluding carboxylic acids is 1. The summed E-state index contributed by atoms with van der Waals surface area (Å²) in [5.41, 5.74) is 1.71. The van der Waals surface area contributed by atoms with Crippen molar-refractivity contribution in [1.29, 1.82) is 0 Å². The van der Waals surface area contributed by atoms with Crippen molar-refractivity contribution in [3.8, 4) is 5.69 Å². The molecule has 0 saturated heterocycles. The fourth-order valence-corrected chi connectivity index (χ4v) is 1.94. The van der Waals surface area contributed by atoms with Crippen LogP contribution >= 0.6 is 27.5 Å². The van der Waals surface area contributed by atoms with Crippen LogP contribution in [0.1, 0.15) is 23.0 Å². The summed E-state index contributed by atoms with van der Waals surface area (Å²) in [6.45, 7) is 3.89. The maximum atomic E-state index is 11.7. The monoisotopic (exact) mass is 343 g/mol. The number of hydrogen-bond donors (Lipinski definition) is 0. The molecule has 0 aliphatic heterocycles. The lowest BCUT2D eigenvalue weighted by atomic mass is 10.2. The van der Waals surface area contributed by atoms with E-state index in [1.807, 2.05) is 6.92 Å². The molecule has 100 valence electrons. The molecular formula is C12H11BrClN3O2. The number of carbonyl (C=O) groups is 1. The Morgan fingerprint density at radius 3 is 2.89 bits per heavy atom. The normalized spacial score (nSPS) is 10.5. The Morgan fingerprint density at radius 2 is 2.32 bits per heavy atom. The molecule has 0 atom stereocenters. The van der Waals surface area contributed by atoms with E-state index in [2.05, 4.69) is 26.0 Å². The summed E-state index contributed by atoms with van der Waals surface area (Å²) in [6.07, 6.45) is 3.33. The van der Waals surface area contributed by atoms with Gasteiger partial charge in [0, 0.05) is 6.20 Å². The SMILES string of the molecule is CCOC(=O)c1cc(-n2cc(Br)c(C)n2)cnc1Cl. The molecule has 0 aromatic carbocycles. The highest BCUT2D eigenvalue weighted by Crippen LogP contribution is 2.20. The van der Waals surface area contributed by atoms with Crippen LogP contribution in [0.3, 0.4) is 0 Å². The van der Waals surface area contributed by atoms with Crippen LogP contribution in [0.4, 0.5) is 0 Å². The molecule has 0 aliphatic rings. The fraction of sp³-hybridized carbons (Fsp3) is 0.250. The number of aromatic nitrogens is 3. The van der Waals surface area contributed by atoms with Crippen LogP contribution in [-0.4, -0.2) is 27.3 Å². The average Bonchev–Trinajstić information content (AvgIpc) is 2.70. The lowest BCUT2D eigenvalue weighted by molar-refractivity contribution is 0.0526. The molecule has 0 spiro atoms. The number of pyridine rings is 1.